The van der Waals surface area contributed by atoms with Crippen molar-refractivity contribution in [1.82, 2.24) is 9.80 Å². The van der Waals surface area contributed by atoms with Crippen LogP contribution in [-0.2, 0) is 0 Å². The van der Waals surface area contributed by atoms with Gasteiger partial charge in [0.1, 0.15) is 5.75 Å². The van der Waals surface area contributed by atoms with Gasteiger partial charge in [-0.1, -0.05) is 6.07 Å². The highest BCUT2D eigenvalue weighted by atomic mass is 16.5. The summed E-state index contributed by atoms with van der Waals surface area (Å²) in [6, 6.07) is 3.96. The van der Waals surface area contributed by atoms with Crippen molar-refractivity contribution in [3.63, 3.8) is 0 Å². The lowest BCUT2D eigenvalue weighted by atomic mass is 10.0. The van der Waals surface area contributed by atoms with Gasteiger partial charge in [-0.15, -0.1) is 0 Å². The van der Waals surface area contributed by atoms with Gasteiger partial charge in [0.15, 0.2) is 0 Å². The largest absolute Gasteiger partial charge is 0.496 e. The van der Waals surface area contributed by atoms with Crippen LogP contribution >= 0.6 is 0 Å². The minimum absolute atomic E-state index is 0.0803. The van der Waals surface area contributed by atoms with E-state index in [9.17, 15) is 4.79 Å². The third-order valence-electron chi connectivity index (χ3n) is 3.64. The Bertz CT molecular complexity index is 477. The first kappa shape index (κ1) is 13.9. The van der Waals surface area contributed by atoms with E-state index in [0.29, 0.717) is 11.3 Å². The van der Waals surface area contributed by atoms with Crippen LogP contribution in [0.2, 0.25) is 0 Å². The topological polar surface area (TPSA) is 32.8 Å². The molecule has 0 unspecified atom stereocenters. The van der Waals surface area contributed by atoms with Gasteiger partial charge in [-0.3, -0.25) is 4.79 Å². The third-order valence-corrected chi connectivity index (χ3v) is 3.64. The molecule has 104 valence electrons. The predicted molar refractivity (Wildman–Crippen MR) is 75.9 cm³/mol. The molecule has 0 N–H and O–H groups in total. The monoisotopic (exact) mass is 262 g/mol. The minimum Gasteiger partial charge on any atom is -0.496 e. The van der Waals surface area contributed by atoms with Crippen LogP contribution in [0.4, 0.5) is 0 Å². The molecule has 0 radical (unpaired) electrons. The highest BCUT2D eigenvalue weighted by molar-refractivity contribution is 5.97. The fraction of sp³-hybridized carbons (Fsp3) is 0.533. The number of benzene rings is 1. The lowest BCUT2D eigenvalue weighted by Gasteiger charge is -2.32. The molecule has 1 amide bonds. The molecule has 1 aliphatic rings. The number of hydrogen-bond donors (Lipinski definition) is 0. The van der Waals surface area contributed by atoms with Crippen molar-refractivity contribution in [2.75, 3.05) is 40.3 Å². The van der Waals surface area contributed by atoms with Crippen LogP contribution in [0.15, 0.2) is 12.1 Å². The van der Waals surface area contributed by atoms with Gasteiger partial charge in [-0.2, -0.15) is 0 Å². The maximum atomic E-state index is 12.6. The van der Waals surface area contributed by atoms with Crippen molar-refractivity contribution < 1.29 is 9.53 Å². The highest BCUT2D eigenvalue weighted by Crippen LogP contribution is 2.26. The number of aryl methyl sites for hydroxylation is 2. The van der Waals surface area contributed by atoms with Gasteiger partial charge in [0, 0.05) is 26.2 Å². The summed E-state index contributed by atoms with van der Waals surface area (Å²) < 4.78 is 5.41. The maximum absolute atomic E-state index is 12.6. The molecule has 19 heavy (non-hydrogen) atoms. The fourth-order valence-electron chi connectivity index (χ4n) is 2.56. The van der Waals surface area contributed by atoms with Crippen molar-refractivity contribution in [3.05, 3.63) is 28.8 Å². The molecule has 0 spiro atoms. The average Bonchev–Trinajstić information content (AvgIpc) is 2.38. The van der Waals surface area contributed by atoms with Crippen LogP contribution < -0.4 is 4.74 Å². The number of piperazine rings is 1. The van der Waals surface area contributed by atoms with E-state index < -0.39 is 0 Å². The molecule has 1 aromatic carbocycles. The van der Waals surface area contributed by atoms with Crippen molar-refractivity contribution in [1.29, 1.82) is 0 Å². The van der Waals surface area contributed by atoms with Crippen molar-refractivity contribution in [2.24, 2.45) is 0 Å². The number of carbonyl (C=O) groups is 1. The van der Waals surface area contributed by atoms with Crippen LogP contribution in [0.5, 0.6) is 5.75 Å². The summed E-state index contributed by atoms with van der Waals surface area (Å²) in [6.45, 7) is 7.41. The Balaban J connectivity index is 2.28. The molecule has 0 saturated carbocycles. The number of methoxy groups -OCH3 is 1. The Morgan fingerprint density at radius 3 is 2.37 bits per heavy atom. The normalized spacial score (nSPS) is 16.5. The highest BCUT2D eigenvalue weighted by Gasteiger charge is 2.23. The fourth-order valence-corrected chi connectivity index (χ4v) is 2.56. The van der Waals surface area contributed by atoms with Gasteiger partial charge in [0.2, 0.25) is 0 Å². The first-order valence-electron chi connectivity index (χ1n) is 6.66. The molecular weight excluding hydrogens is 240 g/mol. The lowest BCUT2D eigenvalue weighted by Crippen LogP contribution is -2.47. The van der Waals surface area contributed by atoms with E-state index in [1.807, 2.05) is 30.9 Å². The van der Waals surface area contributed by atoms with Gasteiger partial charge in [0.25, 0.3) is 5.91 Å². The number of nitrogens with zero attached hydrogens (tertiary/aromatic N) is 2. The lowest BCUT2D eigenvalue weighted by molar-refractivity contribution is 0.0660. The summed E-state index contributed by atoms with van der Waals surface area (Å²) >= 11 is 0. The zero-order valence-electron chi connectivity index (χ0n) is 12.2. The molecule has 4 heteroatoms. The molecule has 0 aromatic heterocycles. The summed E-state index contributed by atoms with van der Waals surface area (Å²) in [7, 11) is 3.71. The summed E-state index contributed by atoms with van der Waals surface area (Å²) in [5.74, 6) is 0.784. The van der Waals surface area contributed by atoms with Crippen molar-refractivity contribution >= 4 is 5.91 Å². The average molecular weight is 262 g/mol. The van der Waals surface area contributed by atoms with E-state index in [1.54, 1.807) is 7.11 Å². The molecule has 0 atom stereocenters. The Morgan fingerprint density at radius 1 is 1.16 bits per heavy atom. The molecule has 1 aromatic rings. The molecule has 1 aliphatic heterocycles. The number of rotatable bonds is 2. The van der Waals surface area contributed by atoms with Gasteiger partial charge < -0.3 is 14.5 Å². The molecule has 2 rings (SSSR count). The molecule has 0 bridgehead atoms. The standard InChI is InChI=1S/C15H22N2O2/c1-11-9-12(2)14(19-4)13(10-11)15(18)17-7-5-16(3)6-8-17/h9-10H,5-8H2,1-4H3. The second kappa shape index (κ2) is 5.61. The number of amides is 1. The summed E-state index contributed by atoms with van der Waals surface area (Å²) in [6.07, 6.45) is 0. The molecule has 1 fully saturated rings. The van der Waals surface area contributed by atoms with Crippen LogP contribution in [0, 0.1) is 13.8 Å². The number of likely N-dealkylation sites (N-methyl/N-ethyl adjacent to an activating group) is 1. The van der Waals surface area contributed by atoms with E-state index in [2.05, 4.69) is 11.9 Å². The molecule has 1 saturated heterocycles. The first-order chi connectivity index (χ1) is 9.02. The SMILES string of the molecule is COc1c(C)cc(C)cc1C(=O)N1CCN(C)CC1. The third kappa shape index (κ3) is 2.89. The van der Waals surface area contributed by atoms with Crippen LogP contribution in [0.25, 0.3) is 0 Å². The molecule has 1 heterocycles. The van der Waals surface area contributed by atoms with Crippen molar-refractivity contribution in [3.8, 4) is 5.75 Å². The zero-order chi connectivity index (χ0) is 14.0. The van der Waals surface area contributed by atoms with Crippen LogP contribution in [0.1, 0.15) is 21.5 Å². The van der Waals surface area contributed by atoms with Crippen molar-refractivity contribution in [2.45, 2.75) is 13.8 Å². The number of ether oxygens (including phenoxy) is 1. The van der Waals surface area contributed by atoms with Gasteiger partial charge >= 0.3 is 0 Å². The predicted octanol–water partition coefficient (Wildman–Crippen LogP) is 1.70. The number of hydrogen-bond acceptors (Lipinski definition) is 3. The first-order valence-corrected chi connectivity index (χ1v) is 6.66. The Morgan fingerprint density at radius 2 is 1.79 bits per heavy atom. The number of carbonyl (C=O) groups excluding carboxylic acids is 1. The van der Waals surface area contributed by atoms with Gasteiger partial charge in [0.05, 0.1) is 12.7 Å². The molecular formula is C15H22N2O2. The molecule has 4 nitrogen and oxygen atoms in total. The van der Waals surface area contributed by atoms with E-state index in [0.717, 1.165) is 37.3 Å². The summed E-state index contributed by atoms with van der Waals surface area (Å²) in [4.78, 5) is 16.8. The quantitative estimate of drug-likeness (QED) is 0.813. The Labute approximate surface area is 115 Å². The van der Waals surface area contributed by atoms with Gasteiger partial charge in [-0.25, -0.2) is 0 Å². The van der Waals surface area contributed by atoms with Crippen LogP contribution in [0.3, 0.4) is 0 Å². The smallest absolute Gasteiger partial charge is 0.257 e. The van der Waals surface area contributed by atoms with E-state index in [1.165, 1.54) is 0 Å². The Kier molecular flexibility index (Phi) is 4.10. The Hall–Kier alpha value is -1.55. The van der Waals surface area contributed by atoms with E-state index in [4.69, 9.17) is 4.74 Å². The second-order valence-corrected chi connectivity index (χ2v) is 5.26. The van der Waals surface area contributed by atoms with E-state index >= 15 is 0 Å². The zero-order valence-corrected chi connectivity index (χ0v) is 12.2. The molecule has 0 aliphatic carbocycles. The second-order valence-electron chi connectivity index (χ2n) is 5.26. The summed E-state index contributed by atoms with van der Waals surface area (Å²) in [5.41, 5.74) is 2.79. The van der Waals surface area contributed by atoms with Gasteiger partial charge in [-0.05, 0) is 38.1 Å². The maximum Gasteiger partial charge on any atom is 0.257 e. The van der Waals surface area contributed by atoms with E-state index in [-0.39, 0.29) is 5.91 Å². The van der Waals surface area contributed by atoms with Crippen LogP contribution in [-0.4, -0.2) is 56.0 Å². The summed E-state index contributed by atoms with van der Waals surface area (Å²) in [5, 5.41) is 0. The minimum atomic E-state index is 0.0803.